The van der Waals surface area contributed by atoms with Crippen LogP contribution in [-0.4, -0.2) is 12.0 Å². The third-order valence-electron chi connectivity index (χ3n) is 2.97. The molecule has 0 heterocycles. The number of benzene rings is 2. The summed E-state index contributed by atoms with van der Waals surface area (Å²) in [6, 6.07) is 12.5. The molecule has 0 unspecified atom stereocenters. The van der Waals surface area contributed by atoms with Crippen molar-refractivity contribution < 1.29 is 4.92 Å². The van der Waals surface area contributed by atoms with Crippen molar-refractivity contribution in [2.75, 3.05) is 17.7 Å². The molecule has 0 radical (unpaired) electrons. The fraction of sp³-hybridized carbons (Fsp3) is 0.143. The van der Waals surface area contributed by atoms with Gasteiger partial charge >= 0.3 is 0 Å². The summed E-state index contributed by atoms with van der Waals surface area (Å²) in [5, 5.41) is 10.7. The van der Waals surface area contributed by atoms with E-state index in [2.05, 4.69) is 0 Å². The zero-order chi connectivity index (χ0) is 14.0. The van der Waals surface area contributed by atoms with Crippen molar-refractivity contribution in [3.05, 3.63) is 58.1 Å². The largest absolute Gasteiger partial charge is 0.397 e. The molecule has 0 atom stereocenters. The highest BCUT2D eigenvalue weighted by Gasteiger charge is 2.12. The van der Waals surface area contributed by atoms with Crippen LogP contribution in [0.5, 0.6) is 0 Å². The predicted octanol–water partition coefficient (Wildman–Crippen LogP) is 3.25. The van der Waals surface area contributed by atoms with Crippen molar-refractivity contribution in [2.24, 2.45) is 0 Å². The highest BCUT2D eigenvalue weighted by atomic mass is 16.6. The van der Waals surface area contributed by atoms with Crippen LogP contribution in [0.25, 0.3) is 0 Å². The van der Waals surface area contributed by atoms with Crippen LogP contribution in [-0.2, 0) is 0 Å². The first-order valence-corrected chi connectivity index (χ1v) is 5.83. The number of nitrogens with two attached hydrogens (primary N) is 1. The molecule has 2 aromatic rings. The highest BCUT2D eigenvalue weighted by Crippen LogP contribution is 2.31. The summed E-state index contributed by atoms with van der Waals surface area (Å²) < 4.78 is 0. The predicted molar refractivity (Wildman–Crippen MR) is 76.8 cm³/mol. The summed E-state index contributed by atoms with van der Waals surface area (Å²) in [5.74, 6) is 0. The Morgan fingerprint density at radius 1 is 1.21 bits per heavy atom. The smallest absolute Gasteiger partial charge is 0.271 e. The average Bonchev–Trinajstić information content (AvgIpc) is 2.37. The zero-order valence-electron chi connectivity index (χ0n) is 10.8. The molecule has 0 fully saturated rings. The number of nitro benzene ring substituents is 1. The fourth-order valence-electron chi connectivity index (χ4n) is 1.94. The molecule has 0 aliphatic carbocycles. The molecule has 2 rings (SSSR count). The summed E-state index contributed by atoms with van der Waals surface area (Å²) in [6.45, 7) is 2.01. The second kappa shape index (κ2) is 4.97. The Morgan fingerprint density at radius 2 is 1.95 bits per heavy atom. The third-order valence-corrected chi connectivity index (χ3v) is 2.97. The summed E-state index contributed by atoms with van der Waals surface area (Å²) in [5.41, 5.74) is 9.15. The molecule has 0 saturated heterocycles. The SMILES string of the molecule is Cc1cccc(N(C)c2ccc([N+](=O)[O-])cc2N)c1. The van der Waals surface area contributed by atoms with Crippen LogP contribution in [0.1, 0.15) is 5.56 Å². The Hall–Kier alpha value is -2.56. The van der Waals surface area contributed by atoms with Gasteiger partial charge in [-0.1, -0.05) is 12.1 Å². The maximum atomic E-state index is 10.7. The van der Waals surface area contributed by atoms with Gasteiger partial charge in [-0.15, -0.1) is 0 Å². The van der Waals surface area contributed by atoms with Crippen LogP contribution in [0.4, 0.5) is 22.7 Å². The Bertz CT molecular complexity index is 626. The first-order chi connectivity index (χ1) is 8.99. The highest BCUT2D eigenvalue weighted by molar-refractivity contribution is 5.76. The molecular weight excluding hydrogens is 242 g/mol. The monoisotopic (exact) mass is 257 g/mol. The summed E-state index contributed by atoms with van der Waals surface area (Å²) in [7, 11) is 1.88. The second-order valence-electron chi connectivity index (χ2n) is 4.40. The minimum atomic E-state index is -0.452. The molecule has 19 heavy (non-hydrogen) atoms. The number of nitro groups is 1. The van der Waals surface area contributed by atoms with Crippen LogP contribution in [0.2, 0.25) is 0 Å². The number of hydrogen-bond donors (Lipinski definition) is 1. The molecule has 0 aliphatic rings. The van der Waals surface area contributed by atoms with Crippen molar-refractivity contribution in [1.29, 1.82) is 0 Å². The summed E-state index contributed by atoms with van der Waals surface area (Å²) in [6.07, 6.45) is 0. The molecule has 0 aliphatic heterocycles. The van der Waals surface area contributed by atoms with E-state index in [0.717, 1.165) is 16.9 Å². The Labute approximate surface area is 111 Å². The number of rotatable bonds is 3. The summed E-state index contributed by atoms with van der Waals surface area (Å²) in [4.78, 5) is 12.1. The lowest BCUT2D eigenvalue weighted by atomic mass is 10.1. The number of non-ortho nitro benzene ring substituents is 1. The Kier molecular flexibility index (Phi) is 3.37. The Morgan fingerprint density at radius 3 is 2.53 bits per heavy atom. The standard InChI is InChI=1S/C14H15N3O2/c1-10-4-3-5-11(8-10)16(2)14-7-6-12(17(18)19)9-13(14)15/h3-9H,15H2,1-2H3. The number of hydrogen-bond acceptors (Lipinski definition) is 4. The molecule has 0 amide bonds. The van der Waals surface area contributed by atoms with E-state index in [1.54, 1.807) is 6.07 Å². The van der Waals surface area contributed by atoms with Crippen molar-refractivity contribution in [1.82, 2.24) is 0 Å². The third kappa shape index (κ3) is 2.65. The van der Waals surface area contributed by atoms with Crippen LogP contribution in [0.15, 0.2) is 42.5 Å². The summed E-state index contributed by atoms with van der Waals surface area (Å²) >= 11 is 0. The molecule has 0 bridgehead atoms. The van der Waals surface area contributed by atoms with Gasteiger partial charge in [0, 0.05) is 24.9 Å². The van der Waals surface area contributed by atoms with E-state index in [-0.39, 0.29) is 5.69 Å². The van der Waals surface area contributed by atoms with Gasteiger partial charge < -0.3 is 10.6 Å². The topological polar surface area (TPSA) is 72.4 Å². The van der Waals surface area contributed by atoms with Gasteiger partial charge in [0.1, 0.15) is 0 Å². The normalized spacial score (nSPS) is 10.2. The van der Waals surface area contributed by atoms with Crippen molar-refractivity contribution in [2.45, 2.75) is 6.92 Å². The number of nitrogen functional groups attached to an aromatic ring is 1. The van der Waals surface area contributed by atoms with E-state index in [4.69, 9.17) is 5.73 Å². The molecule has 0 aromatic heterocycles. The van der Waals surface area contributed by atoms with Gasteiger partial charge in [0.05, 0.1) is 16.3 Å². The van der Waals surface area contributed by atoms with Gasteiger partial charge in [-0.2, -0.15) is 0 Å². The van der Waals surface area contributed by atoms with E-state index in [9.17, 15) is 10.1 Å². The maximum absolute atomic E-state index is 10.7. The van der Waals surface area contributed by atoms with Crippen LogP contribution < -0.4 is 10.6 Å². The number of aryl methyl sites for hydroxylation is 1. The average molecular weight is 257 g/mol. The molecule has 2 aromatic carbocycles. The van der Waals surface area contributed by atoms with Crippen molar-refractivity contribution in [3.63, 3.8) is 0 Å². The minimum Gasteiger partial charge on any atom is -0.397 e. The molecule has 2 N–H and O–H groups in total. The molecular formula is C14H15N3O2. The van der Waals surface area contributed by atoms with E-state index in [1.807, 2.05) is 43.1 Å². The fourth-order valence-corrected chi connectivity index (χ4v) is 1.94. The quantitative estimate of drug-likeness (QED) is 0.520. The lowest BCUT2D eigenvalue weighted by Crippen LogP contribution is -2.11. The van der Waals surface area contributed by atoms with Crippen LogP contribution >= 0.6 is 0 Å². The van der Waals surface area contributed by atoms with Crippen LogP contribution in [0.3, 0.4) is 0 Å². The van der Waals surface area contributed by atoms with Gasteiger partial charge in [-0.05, 0) is 30.7 Å². The molecule has 0 spiro atoms. The van der Waals surface area contributed by atoms with Gasteiger partial charge in [-0.3, -0.25) is 10.1 Å². The van der Waals surface area contributed by atoms with Crippen molar-refractivity contribution >= 4 is 22.7 Å². The van der Waals surface area contributed by atoms with E-state index in [1.165, 1.54) is 12.1 Å². The van der Waals surface area contributed by atoms with E-state index >= 15 is 0 Å². The molecule has 5 heteroatoms. The van der Waals surface area contributed by atoms with Crippen molar-refractivity contribution in [3.8, 4) is 0 Å². The number of nitrogens with zero attached hydrogens (tertiary/aromatic N) is 2. The lowest BCUT2D eigenvalue weighted by molar-refractivity contribution is -0.384. The second-order valence-corrected chi connectivity index (χ2v) is 4.40. The van der Waals surface area contributed by atoms with E-state index < -0.39 is 4.92 Å². The van der Waals surface area contributed by atoms with Gasteiger partial charge in [0.15, 0.2) is 0 Å². The minimum absolute atomic E-state index is 0.00103. The molecule has 0 saturated carbocycles. The van der Waals surface area contributed by atoms with Crippen LogP contribution in [0, 0.1) is 17.0 Å². The Balaban J connectivity index is 2.39. The molecule has 98 valence electrons. The number of anilines is 3. The molecule has 5 nitrogen and oxygen atoms in total. The zero-order valence-corrected chi connectivity index (χ0v) is 10.8. The van der Waals surface area contributed by atoms with Gasteiger partial charge in [0.25, 0.3) is 5.69 Å². The first kappa shape index (κ1) is 12.9. The van der Waals surface area contributed by atoms with E-state index in [0.29, 0.717) is 5.69 Å². The maximum Gasteiger partial charge on any atom is 0.271 e. The lowest BCUT2D eigenvalue weighted by Gasteiger charge is -2.21. The van der Waals surface area contributed by atoms with Gasteiger partial charge in [-0.25, -0.2) is 0 Å². The van der Waals surface area contributed by atoms with Gasteiger partial charge in [0.2, 0.25) is 0 Å². The first-order valence-electron chi connectivity index (χ1n) is 5.83.